The molecule has 6 nitrogen and oxygen atoms in total. The van der Waals surface area contributed by atoms with E-state index >= 15 is 0 Å². The highest BCUT2D eigenvalue weighted by Gasteiger charge is 2.33. The van der Waals surface area contributed by atoms with Gasteiger partial charge in [0.15, 0.2) is 0 Å². The number of likely N-dealkylation sites (N-methyl/N-ethyl adjacent to an activating group) is 1. The zero-order valence-electron chi connectivity index (χ0n) is 9.32. The fourth-order valence-electron chi connectivity index (χ4n) is 1.11. The molecule has 18 heavy (non-hydrogen) atoms. The predicted octanol–water partition coefficient (Wildman–Crippen LogP) is 0.0142. The smallest absolute Gasteiger partial charge is 0.394 e. The Morgan fingerprint density at radius 3 is 2.72 bits per heavy atom. The SMILES string of the molecule is CNC(=O)C(CO)Nc1nccc(C(F)(F)F)n1. The van der Waals surface area contributed by atoms with E-state index in [-0.39, 0.29) is 5.95 Å². The van der Waals surface area contributed by atoms with Crippen LogP contribution in [0, 0.1) is 0 Å². The van der Waals surface area contributed by atoms with E-state index in [1.807, 2.05) is 0 Å². The Labute approximate surface area is 100 Å². The molecule has 0 fully saturated rings. The van der Waals surface area contributed by atoms with Crippen LogP contribution in [-0.4, -0.2) is 40.7 Å². The molecule has 0 saturated carbocycles. The fourth-order valence-corrected chi connectivity index (χ4v) is 1.11. The molecule has 0 bridgehead atoms. The second kappa shape index (κ2) is 5.63. The average molecular weight is 264 g/mol. The third kappa shape index (κ3) is 3.55. The Morgan fingerprint density at radius 1 is 1.56 bits per heavy atom. The number of rotatable bonds is 4. The van der Waals surface area contributed by atoms with E-state index in [0.29, 0.717) is 6.07 Å². The topological polar surface area (TPSA) is 87.1 Å². The van der Waals surface area contributed by atoms with Crippen LogP contribution in [0.2, 0.25) is 0 Å². The van der Waals surface area contributed by atoms with Crippen LogP contribution in [0.4, 0.5) is 19.1 Å². The molecule has 1 heterocycles. The van der Waals surface area contributed by atoms with Crippen LogP contribution >= 0.6 is 0 Å². The van der Waals surface area contributed by atoms with Crippen LogP contribution in [0.1, 0.15) is 5.69 Å². The number of nitrogens with one attached hydrogen (secondary N) is 2. The molecule has 9 heteroatoms. The van der Waals surface area contributed by atoms with Crippen molar-refractivity contribution in [3.05, 3.63) is 18.0 Å². The predicted molar refractivity (Wildman–Crippen MR) is 55.6 cm³/mol. The Bertz CT molecular complexity index is 425. The number of aliphatic hydroxyl groups is 1. The zero-order valence-corrected chi connectivity index (χ0v) is 9.32. The number of alkyl halides is 3. The lowest BCUT2D eigenvalue weighted by molar-refractivity contribution is -0.141. The van der Waals surface area contributed by atoms with Crippen molar-refractivity contribution in [3.8, 4) is 0 Å². The van der Waals surface area contributed by atoms with Gasteiger partial charge in [0.1, 0.15) is 11.7 Å². The molecule has 1 aromatic rings. The summed E-state index contributed by atoms with van der Waals surface area (Å²) >= 11 is 0. The van der Waals surface area contributed by atoms with Gasteiger partial charge in [-0.2, -0.15) is 13.2 Å². The van der Waals surface area contributed by atoms with Crippen LogP contribution in [0.15, 0.2) is 12.3 Å². The number of anilines is 1. The van der Waals surface area contributed by atoms with Crippen molar-refractivity contribution in [3.63, 3.8) is 0 Å². The molecule has 0 spiro atoms. The lowest BCUT2D eigenvalue weighted by Gasteiger charge is -2.15. The first-order chi connectivity index (χ1) is 8.38. The highest BCUT2D eigenvalue weighted by Crippen LogP contribution is 2.27. The van der Waals surface area contributed by atoms with Crippen LogP contribution in [0.25, 0.3) is 0 Å². The van der Waals surface area contributed by atoms with Gasteiger partial charge in [0.05, 0.1) is 6.61 Å². The maximum absolute atomic E-state index is 12.4. The number of hydrogen-bond donors (Lipinski definition) is 3. The summed E-state index contributed by atoms with van der Waals surface area (Å²) in [5, 5.41) is 13.5. The van der Waals surface area contributed by atoms with E-state index < -0.39 is 30.4 Å². The van der Waals surface area contributed by atoms with Gasteiger partial charge in [-0.3, -0.25) is 4.79 Å². The van der Waals surface area contributed by atoms with Crippen LogP contribution in [-0.2, 0) is 11.0 Å². The van der Waals surface area contributed by atoms with Gasteiger partial charge in [-0.25, -0.2) is 9.97 Å². The van der Waals surface area contributed by atoms with Crippen molar-refractivity contribution in [2.24, 2.45) is 0 Å². The standard InChI is InChI=1S/C9H11F3N4O2/c1-13-7(18)5(4-17)15-8-14-3-2-6(16-8)9(10,11)12/h2-3,5,17H,4H2,1H3,(H,13,18)(H,14,15,16). The van der Waals surface area contributed by atoms with Gasteiger partial charge >= 0.3 is 6.18 Å². The summed E-state index contributed by atoms with van der Waals surface area (Å²) in [6.45, 7) is -0.598. The number of aromatic nitrogens is 2. The quantitative estimate of drug-likeness (QED) is 0.713. The van der Waals surface area contributed by atoms with E-state index in [1.165, 1.54) is 7.05 Å². The Morgan fingerprint density at radius 2 is 2.22 bits per heavy atom. The molecule has 1 amide bonds. The summed E-state index contributed by atoms with van der Waals surface area (Å²) in [6.07, 6.45) is -3.68. The first-order valence-corrected chi connectivity index (χ1v) is 4.87. The van der Waals surface area contributed by atoms with Gasteiger partial charge in [0.25, 0.3) is 0 Å². The van der Waals surface area contributed by atoms with Crippen LogP contribution in [0.3, 0.4) is 0 Å². The van der Waals surface area contributed by atoms with Gasteiger partial charge in [0.2, 0.25) is 11.9 Å². The number of carbonyl (C=O) groups is 1. The summed E-state index contributed by atoms with van der Waals surface area (Å²) in [5.74, 6) is -0.967. The number of aliphatic hydroxyl groups excluding tert-OH is 1. The summed E-state index contributed by atoms with van der Waals surface area (Å²) < 4.78 is 37.1. The monoisotopic (exact) mass is 264 g/mol. The van der Waals surface area contributed by atoms with Gasteiger partial charge in [-0.15, -0.1) is 0 Å². The molecule has 1 atom stereocenters. The van der Waals surface area contributed by atoms with Gasteiger partial charge in [0, 0.05) is 13.2 Å². The maximum atomic E-state index is 12.4. The average Bonchev–Trinajstić information content (AvgIpc) is 2.34. The van der Waals surface area contributed by atoms with E-state index in [9.17, 15) is 18.0 Å². The van der Waals surface area contributed by atoms with Crippen molar-refractivity contribution in [1.29, 1.82) is 0 Å². The molecule has 0 aliphatic rings. The number of halogens is 3. The van der Waals surface area contributed by atoms with Gasteiger partial charge in [-0.1, -0.05) is 0 Å². The molecule has 1 aromatic heterocycles. The van der Waals surface area contributed by atoms with Crippen molar-refractivity contribution >= 4 is 11.9 Å². The third-order valence-corrected chi connectivity index (χ3v) is 1.99. The second-order valence-corrected chi connectivity index (χ2v) is 3.26. The minimum absolute atomic E-state index is 0.382. The summed E-state index contributed by atoms with van der Waals surface area (Å²) in [6, 6.07) is -0.405. The minimum Gasteiger partial charge on any atom is -0.394 e. The largest absolute Gasteiger partial charge is 0.433 e. The molecule has 0 aromatic carbocycles. The van der Waals surface area contributed by atoms with Crippen molar-refractivity contribution in [2.75, 3.05) is 19.0 Å². The minimum atomic E-state index is -4.60. The van der Waals surface area contributed by atoms with Crippen molar-refractivity contribution < 1.29 is 23.1 Å². The Balaban J connectivity index is 2.88. The molecule has 0 radical (unpaired) electrons. The summed E-state index contributed by atoms with van der Waals surface area (Å²) in [5.41, 5.74) is -1.13. The highest BCUT2D eigenvalue weighted by molar-refractivity contribution is 5.83. The van der Waals surface area contributed by atoms with E-state index in [2.05, 4.69) is 20.6 Å². The molecule has 1 unspecified atom stereocenters. The second-order valence-electron chi connectivity index (χ2n) is 3.26. The zero-order chi connectivity index (χ0) is 13.8. The highest BCUT2D eigenvalue weighted by atomic mass is 19.4. The van der Waals surface area contributed by atoms with Crippen molar-refractivity contribution in [1.82, 2.24) is 15.3 Å². The van der Waals surface area contributed by atoms with Crippen LogP contribution in [0.5, 0.6) is 0 Å². The number of carbonyl (C=O) groups excluding carboxylic acids is 1. The lowest BCUT2D eigenvalue weighted by atomic mass is 10.3. The van der Waals surface area contributed by atoms with E-state index in [4.69, 9.17) is 5.11 Å². The third-order valence-electron chi connectivity index (χ3n) is 1.99. The molecule has 0 saturated heterocycles. The van der Waals surface area contributed by atoms with E-state index in [1.54, 1.807) is 0 Å². The molecular weight excluding hydrogens is 253 g/mol. The molecular formula is C9H11F3N4O2. The van der Waals surface area contributed by atoms with Gasteiger partial charge in [-0.05, 0) is 6.07 Å². The first-order valence-electron chi connectivity index (χ1n) is 4.87. The Hall–Kier alpha value is -1.90. The van der Waals surface area contributed by atoms with Crippen molar-refractivity contribution in [2.45, 2.75) is 12.2 Å². The molecule has 1 rings (SSSR count). The fraction of sp³-hybridized carbons (Fsp3) is 0.444. The van der Waals surface area contributed by atoms with Crippen LogP contribution < -0.4 is 10.6 Å². The normalized spacial score (nSPS) is 12.9. The molecule has 100 valence electrons. The van der Waals surface area contributed by atoms with E-state index in [0.717, 1.165) is 6.20 Å². The lowest BCUT2D eigenvalue weighted by Crippen LogP contribution is -2.40. The summed E-state index contributed by atoms with van der Waals surface area (Å²) in [7, 11) is 1.33. The number of hydrogen-bond acceptors (Lipinski definition) is 5. The number of nitrogens with zero attached hydrogens (tertiary/aromatic N) is 2. The Kier molecular flexibility index (Phi) is 4.43. The number of amides is 1. The molecule has 3 N–H and O–H groups in total. The summed E-state index contributed by atoms with van der Waals surface area (Å²) in [4.78, 5) is 18.0. The molecule has 0 aliphatic carbocycles. The maximum Gasteiger partial charge on any atom is 0.433 e. The van der Waals surface area contributed by atoms with Gasteiger partial charge < -0.3 is 15.7 Å². The first kappa shape index (κ1) is 14.2. The molecule has 0 aliphatic heterocycles.